The van der Waals surface area contributed by atoms with Gasteiger partial charge >= 0.3 is 5.97 Å². The molecule has 1 aliphatic heterocycles. The Bertz CT molecular complexity index is 289. The first-order chi connectivity index (χ1) is 7.93. The van der Waals surface area contributed by atoms with Crippen LogP contribution in [-0.4, -0.2) is 60.8 Å². The van der Waals surface area contributed by atoms with Crippen LogP contribution in [0.1, 0.15) is 19.8 Å². The Labute approximate surface area is 101 Å². The molecule has 1 saturated heterocycles. The zero-order chi connectivity index (χ0) is 12.9. The lowest BCUT2D eigenvalue weighted by Crippen LogP contribution is -2.59. The van der Waals surface area contributed by atoms with Gasteiger partial charge in [0.1, 0.15) is 6.61 Å². The van der Waals surface area contributed by atoms with Crippen LogP contribution in [-0.2, 0) is 14.3 Å². The molecule has 0 aromatic carbocycles. The molecule has 0 aliphatic carbocycles. The molecule has 2 N–H and O–H groups in total. The Morgan fingerprint density at radius 3 is 2.59 bits per heavy atom. The maximum absolute atomic E-state index is 11.6. The summed E-state index contributed by atoms with van der Waals surface area (Å²) in [5, 5.41) is 11.6. The number of carboxylic acid groups (broad SMARTS) is 1. The number of likely N-dealkylation sites (N-methyl/N-ethyl adjacent to an activating group) is 1. The van der Waals surface area contributed by atoms with E-state index in [4.69, 9.17) is 9.84 Å². The Kier molecular flexibility index (Phi) is 4.89. The molecule has 0 spiro atoms. The monoisotopic (exact) mass is 244 g/mol. The third kappa shape index (κ3) is 4.70. The number of carbonyl (C=O) groups is 2. The van der Waals surface area contributed by atoms with E-state index in [1.807, 2.05) is 6.92 Å². The third-order valence-electron chi connectivity index (χ3n) is 2.85. The van der Waals surface area contributed by atoms with Gasteiger partial charge in [-0.1, -0.05) is 0 Å². The van der Waals surface area contributed by atoms with E-state index in [9.17, 15) is 9.59 Å². The third-order valence-corrected chi connectivity index (χ3v) is 2.85. The molecule has 6 nitrogen and oxygen atoms in total. The van der Waals surface area contributed by atoms with Gasteiger partial charge in [-0.05, 0) is 13.3 Å². The minimum absolute atomic E-state index is 0.0573. The van der Waals surface area contributed by atoms with E-state index >= 15 is 0 Å². The van der Waals surface area contributed by atoms with Crippen LogP contribution in [0.2, 0.25) is 0 Å². The first kappa shape index (κ1) is 13.9. The lowest BCUT2D eigenvalue weighted by Gasteiger charge is -2.39. The van der Waals surface area contributed by atoms with Crippen LogP contribution in [0, 0.1) is 0 Å². The molecule has 1 amide bonds. The summed E-state index contributed by atoms with van der Waals surface area (Å²) in [7, 11) is 1.66. The predicted octanol–water partition coefficient (Wildman–Crippen LogP) is -0.312. The zero-order valence-electron chi connectivity index (χ0n) is 10.4. The van der Waals surface area contributed by atoms with Crippen LogP contribution in [0.3, 0.4) is 0 Å². The number of nitrogens with one attached hydrogen (secondary N) is 1. The number of carboxylic acids is 1. The van der Waals surface area contributed by atoms with Gasteiger partial charge in [0.2, 0.25) is 5.91 Å². The second-order valence-corrected chi connectivity index (χ2v) is 4.65. The first-order valence-electron chi connectivity index (χ1n) is 5.73. The summed E-state index contributed by atoms with van der Waals surface area (Å²) in [6.45, 7) is 4.00. The van der Waals surface area contributed by atoms with Crippen LogP contribution >= 0.6 is 0 Å². The number of carbonyl (C=O) groups excluding carboxylic acids is 1. The topological polar surface area (TPSA) is 78.9 Å². The van der Waals surface area contributed by atoms with Crippen molar-refractivity contribution >= 4 is 11.9 Å². The van der Waals surface area contributed by atoms with Gasteiger partial charge in [0.25, 0.3) is 0 Å². The molecule has 1 heterocycles. The van der Waals surface area contributed by atoms with E-state index in [1.54, 1.807) is 7.05 Å². The molecule has 0 unspecified atom stereocenters. The minimum Gasteiger partial charge on any atom is -0.481 e. The van der Waals surface area contributed by atoms with Gasteiger partial charge in [-0.3, -0.25) is 9.59 Å². The first-order valence-corrected chi connectivity index (χ1v) is 5.73. The Morgan fingerprint density at radius 2 is 2.12 bits per heavy atom. The molecule has 0 bridgehead atoms. The van der Waals surface area contributed by atoms with E-state index in [0.29, 0.717) is 13.0 Å². The molecule has 1 rings (SSSR count). The van der Waals surface area contributed by atoms with Gasteiger partial charge in [0.15, 0.2) is 0 Å². The molecular formula is C11H20N2O4. The van der Waals surface area contributed by atoms with Crippen LogP contribution in [0.25, 0.3) is 0 Å². The van der Waals surface area contributed by atoms with Crippen molar-refractivity contribution in [3.63, 3.8) is 0 Å². The molecule has 0 atom stereocenters. The molecule has 0 aromatic rings. The van der Waals surface area contributed by atoms with E-state index in [2.05, 4.69) is 5.32 Å². The lowest BCUT2D eigenvalue weighted by atomic mass is 10.0. The van der Waals surface area contributed by atoms with Crippen molar-refractivity contribution in [3.8, 4) is 0 Å². The van der Waals surface area contributed by atoms with Crippen LogP contribution < -0.4 is 5.32 Å². The SMILES string of the molecule is CN(CCCC(=O)O)C(=O)COC1(C)CNC1. The molecule has 0 aromatic heterocycles. The fraction of sp³-hybridized carbons (Fsp3) is 0.818. The van der Waals surface area contributed by atoms with Gasteiger partial charge in [-0.25, -0.2) is 0 Å². The molecule has 98 valence electrons. The van der Waals surface area contributed by atoms with E-state index < -0.39 is 5.97 Å². The molecule has 1 fully saturated rings. The number of hydrogen-bond donors (Lipinski definition) is 2. The Balaban J connectivity index is 2.15. The van der Waals surface area contributed by atoms with Crippen LogP contribution in [0.15, 0.2) is 0 Å². The van der Waals surface area contributed by atoms with Gasteiger partial charge in [0, 0.05) is 33.1 Å². The Hall–Kier alpha value is -1.14. The summed E-state index contributed by atoms with van der Waals surface area (Å²) in [5.74, 6) is -0.946. The summed E-state index contributed by atoms with van der Waals surface area (Å²) >= 11 is 0. The highest BCUT2D eigenvalue weighted by Gasteiger charge is 2.33. The summed E-state index contributed by atoms with van der Waals surface area (Å²) in [6, 6.07) is 0. The smallest absolute Gasteiger partial charge is 0.303 e. The Morgan fingerprint density at radius 1 is 1.47 bits per heavy atom. The van der Waals surface area contributed by atoms with E-state index in [-0.39, 0.29) is 24.5 Å². The average molecular weight is 244 g/mol. The van der Waals surface area contributed by atoms with Gasteiger partial charge < -0.3 is 20.1 Å². The van der Waals surface area contributed by atoms with Crippen molar-refractivity contribution in [3.05, 3.63) is 0 Å². The number of rotatable bonds is 7. The number of hydrogen-bond acceptors (Lipinski definition) is 4. The number of ether oxygens (including phenoxy) is 1. The van der Waals surface area contributed by atoms with Crippen molar-refractivity contribution in [1.82, 2.24) is 10.2 Å². The molecule has 6 heteroatoms. The van der Waals surface area contributed by atoms with E-state index in [1.165, 1.54) is 4.90 Å². The van der Waals surface area contributed by atoms with Crippen molar-refractivity contribution in [2.24, 2.45) is 0 Å². The van der Waals surface area contributed by atoms with Crippen molar-refractivity contribution in [2.45, 2.75) is 25.4 Å². The number of nitrogens with zero attached hydrogens (tertiary/aromatic N) is 1. The summed E-state index contributed by atoms with van der Waals surface area (Å²) in [4.78, 5) is 23.5. The molecule has 0 radical (unpaired) electrons. The van der Waals surface area contributed by atoms with Gasteiger partial charge in [0.05, 0.1) is 5.60 Å². The maximum atomic E-state index is 11.6. The van der Waals surface area contributed by atoms with Gasteiger partial charge in [-0.15, -0.1) is 0 Å². The highest BCUT2D eigenvalue weighted by molar-refractivity contribution is 5.77. The quantitative estimate of drug-likeness (QED) is 0.642. The molecular weight excluding hydrogens is 224 g/mol. The molecule has 1 aliphatic rings. The number of amides is 1. The summed E-state index contributed by atoms with van der Waals surface area (Å²) in [6.07, 6.45) is 0.552. The fourth-order valence-electron chi connectivity index (χ4n) is 1.52. The van der Waals surface area contributed by atoms with Crippen molar-refractivity contribution < 1.29 is 19.4 Å². The molecule has 0 saturated carbocycles. The molecule has 17 heavy (non-hydrogen) atoms. The zero-order valence-corrected chi connectivity index (χ0v) is 10.4. The highest BCUT2D eigenvalue weighted by atomic mass is 16.5. The van der Waals surface area contributed by atoms with Gasteiger partial charge in [-0.2, -0.15) is 0 Å². The fourth-order valence-corrected chi connectivity index (χ4v) is 1.52. The average Bonchev–Trinajstić information content (AvgIpc) is 2.22. The standard InChI is InChI=1S/C11H20N2O4/c1-11(7-12-8-11)17-6-9(14)13(2)5-3-4-10(15)16/h12H,3-8H2,1-2H3,(H,15,16). The second-order valence-electron chi connectivity index (χ2n) is 4.65. The van der Waals surface area contributed by atoms with Crippen LogP contribution in [0.5, 0.6) is 0 Å². The lowest BCUT2D eigenvalue weighted by molar-refractivity contribution is -0.145. The van der Waals surface area contributed by atoms with Crippen LogP contribution in [0.4, 0.5) is 0 Å². The highest BCUT2D eigenvalue weighted by Crippen LogP contribution is 2.14. The minimum atomic E-state index is -0.838. The predicted molar refractivity (Wildman–Crippen MR) is 61.7 cm³/mol. The summed E-state index contributed by atoms with van der Waals surface area (Å²) in [5.41, 5.74) is -0.225. The summed E-state index contributed by atoms with van der Waals surface area (Å²) < 4.78 is 5.51. The largest absolute Gasteiger partial charge is 0.481 e. The normalized spacial score (nSPS) is 17.3. The van der Waals surface area contributed by atoms with E-state index in [0.717, 1.165) is 13.1 Å². The second kappa shape index (κ2) is 5.97. The maximum Gasteiger partial charge on any atom is 0.303 e. The number of aliphatic carboxylic acids is 1. The van der Waals surface area contributed by atoms with Crippen molar-refractivity contribution in [1.29, 1.82) is 0 Å². The van der Waals surface area contributed by atoms with Crippen molar-refractivity contribution in [2.75, 3.05) is 33.3 Å².